The van der Waals surface area contributed by atoms with Crippen molar-refractivity contribution in [3.05, 3.63) is 65.1 Å². The van der Waals surface area contributed by atoms with Crippen LogP contribution >= 0.6 is 11.6 Å². The van der Waals surface area contributed by atoms with E-state index >= 15 is 0 Å². The zero-order valence-corrected chi connectivity index (χ0v) is 21.5. The Balaban J connectivity index is 2.15. The van der Waals surface area contributed by atoms with Gasteiger partial charge in [-0.15, -0.1) is 0 Å². The molecule has 1 atom stereocenters. The van der Waals surface area contributed by atoms with Gasteiger partial charge in [0.05, 0.1) is 21.8 Å². The molecule has 35 heavy (non-hydrogen) atoms. The Kier molecular flexibility index (Phi) is 8.43. The summed E-state index contributed by atoms with van der Waals surface area (Å²) in [6.45, 7) is 11.6. The van der Waals surface area contributed by atoms with Crippen molar-refractivity contribution in [3.63, 3.8) is 0 Å². The fourth-order valence-corrected chi connectivity index (χ4v) is 4.94. The molecule has 1 saturated heterocycles. The van der Waals surface area contributed by atoms with Crippen molar-refractivity contribution in [2.45, 2.75) is 32.6 Å². The summed E-state index contributed by atoms with van der Waals surface area (Å²) in [6, 6.07) is 8.04. The highest BCUT2D eigenvalue weighted by molar-refractivity contribution is 6.33. The lowest BCUT2D eigenvalue weighted by Gasteiger charge is -2.37. The van der Waals surface area contributed by atoms with Crippen LogP contribution in [0.1, 0.15) is 38.4 Å². The lowest BCUT2D eigenvalue weighted by molar-refractivity contribution is -0.127. The third kappa shape index (κ3) is 5.61. The van der Waals surface area contributed by atoms with Gasteiger partial charge in [0.2, 0.25) is 5.91 Å². The number of aromatic nitrogens is 1. The van der Waals surface area contributed by atoms with Crippen molar-refractivity contribution in [1.29, 1.82) is 0 Å². The highest BCUT2D eigenvalue weighted by Gasteiger charge is 2.35. The summed E-state index contributed by atoms with van der Waals surface area (Å²) in [5.41, 5.74) is 0.766. The number of carbonyl (C=O) groups is 2. The molecule has 1 fully saturated rings. The zero-order chi connectivity index (χ0) is 25.8. The maximum absolute atomic E-state index is 14.7. The first-order valence-electron chi connectivity index (χ1n) is 11.7. The number of carbonyl (C=O) groups excluding carboxylic acids is 2. The molecule has 0 spiro atoms. The molecule has 2 aromatic rings. The molecule has 1 amide bonds. The molecule has 186 valence electrons. The second kappa shape index (κ2) is 11.1. The lowest BCUT2D eigenvalue weighted by Crippen LogP contribution is -2.51. The molecule has 1 aromatic carbocycles. The number of pyridine rings is 1. The number of benzene rings is 1. The molecule has 1 aliphatic heterocycles. The Hall–Kier alpha value is -3.06. The number of aliphatic imine (C=N–C) groups is 1. The van der Waals surface area contributed by atoms with Crippen molar-refractivity contribution >= 4 is 29.6 Å². The fraction of sp³-hybridized carbons (Fsp3) is 0.407. The van der Waals surface area contributed by atoms with E-state index in [4.69, 9.17) is 16.6 Å². The monoisotopic (exact) mass is 498 g/mol. The van der Waals surface area contributed by atoms with Crippen LogP contribution in [0.4, 0.5) is 4.39 Å². The Morgan fingerprint density at radius 3 is 2.43 bits per heavy atom. The van der Waals surface area contributed by atoms with Gasteiger partial charge < -0.3 is 14.6 Å². The van der Waals surface area contributed by atoms with E-state index in [1.165, 1.54) is 12.1 Å². The van der Waals surface area contributed by atoms with Crippen LogP contribution in [0.3, 0.4) is 0 Å². The molecule has 0 saturated carbocycles. The SMILES string of the molecule is C=CC(=O)N1CCN(C(=NC)c2cc(Cl)c(-c3ccccc3F)nc2C(C)(C=O)CC(C)C)CC1. The molecule has 8 heteroatoms. The largest absolute Gasteiger partial charge is 0.353 e. The molecule has 2 heterocycles. The quantitative estimate of drug-likeness (QED) is 0.239. The highest BCUT2D eigenvalue weighted by Crippen LogP contribution is 2.37. The first-order chi connectivity index (χ1) is 16.6. The molecule has 0 radical (unpaired) electrons. The Labute approximate surface area is 211 Å². The van der Waals surface area contributed by atoms with Gasteiger partial charge in [-0.05, 0) is 43.5 Å². The summed E-state index contributed by atoms with van der Waals surface area (Å²) in [4.78, 5) is 37.7. The first-order valence-corrected chi connectivity index (χ1v) is 12.1. The van der Waals surface area contributed by atoms with Crippen LogP contribution in [-0.2, 0) is 15.0 Å². The topological polar surface area (TPSA) is 65.9 Å². The molecular weight excluding hydrogens is 467 g/mol. The van der Waals surface area contributed by atoms with Crippen molar-refractivity contribution in [2.75, 3.05) is 33.2 Å². The van der Waals surface area contributed by atoms with Crippen LogP contribution in [0, 0.1) is 11.7 Å². The maximum atomic E-state index is 14.7. The van der Waals surface area contributed by atoms with Crippen molar-refractivity contribution in [2.24, 2.45) is 10.9 Å². The first kappa shape index (κ1) is 26.5. The van der Waals surface area contributed by atoms with E-state index in [2.05, 4.69) is 16.5 Å². The van der Waals surface area contributed by atoms with E-state index in [0.29, 0.717) is 49.7 Å². The molecular formula is C27H32ClFN4O2. The Morgan fingerprint density at radius 2 is 1.89 bits per heavy atom. The van der Waals surface area contributed by atoms with Gasteiger partial charge in [0.25, 0.3) is 0 Å². The van der Waals surface area contributed by atoms with Crippen molar-refractivity contribution in [1.82, 2.24) is 14.8 Å². The number of hydrogen-bond donors (Lipinski definition) is 0. The number of nitrogens with zero attached hydrogens (tertiary/aromatic N) is 4. The van der Waals surface area contributed by atoms with Gasteiger partial charge in [-0.2, -0.15) is 0 Å². The van der Waals surface area contributed by atoms with E-state index in [1.807, 2.05) is 20.8 Å². The smallest absolute Gasteiger partial charge is 0.246 e. The van der Waals surface area contributed by atoms with Crippen LogP contribution in [0.15, 0.2) is 48.0 Å². The van der Waals surface area contributed by atoms with E-state index < -0.39 is 11.2 Å². The molecule has 1 aliphatic rings. The molecule has 0 N–H and O–H groups in total. The van der Waals surface area contributed by atoms with E-state index in [9.17, 15) is 14.0 Å². The van der Waals surface area contributed by atoms with Gasteiger partial charge in [-0.3, -0.25) is 9.79 Å². The zero-order valence-electron chi connectivity index (χ0n) is 20.7. The minimum Gasteiger partial charge on any atom is -0.353 e. The van der Waals surface area contributed by atoms with Gasteiger partial charge in [-0.1, -0.05) is 44.2 Å². The van der Waals surface area contributed by atoms with Crippen LogP contribution in [-0.4, -0.2) is 66.0 Å². The average molecular weight is 499 g/mol. The summed E-state index contributed by atoms with van der Waals surface area (Å²) in [7, 11) is 1.68. The normalized spacial score (nSPS) is 16.3. The molecule has 0 aliphatic carbocycles. The van der Waals surface area contributed by atoms with Gasteiger partial charge in [-0.25, -0.2) is 9.37 Å². The minimum atomic E-state index is -0.940. The third-order valence-electron chi connectivity index (χ3n) is 6.26. The van der Waals surface area contributed by atoms with Crippen LogP contribution in [0.25, 0.3) is 11.3 Å². The Bertz CT molecular complexity index is 1140. The van der Waals surface area contributed by atoms with E-state index in [-0.39, 0.29) is 28.1 Å². The third-order valence-corrected chi connectivity index (χ3v) is 6.54. The summed E-state index contributed by atoms with van der Waals surface area (Å²) < 4.78 is 14.7. The maximum Gasteiger partial charge on any atom is 0.246 e. The van der Waals surface area contributed by atoms with Gasteiger partial charge in [0, 0.05) is 44.4 Å². The predicted octanol–water partition coefficient (Wildman–Crippen LogP) is 4.75. The number of rotatable bonds is 7. The van der Waals surface area contributed by atoms with E-state index in [0.717, 1.165) is 6.29 Å². The molecule has 6 nitrogen and oxygen atoms in total. The average Bonchev–Trinajstić information content (AvgIpc) is 2.84. The van der Waals surface area contributed by atoms with Crippen LogP contribution < -0.4 is 0 Å². The summed E-state index contributed by atoms with van der Waals surface area (Å²) in [6.07, 6.45) is 2.77. The van der Waals surface area contributed by atoms with Crippen molar-refractivity contribution in [3.8, 4) is 11.3 Å². The van der Waals surface area contributed by atoms with Gasteiger partial charge >= 0.3 is 0 Å². The summed E-state index contributed by atoms with van der Waals surface area (Å²) in [5, 5.41) is 0.272. The highest BCUT2D eigenvalue weighted by atomic mass is 35.5. The van der Waals surface area contributed by atoms with Crippen LogP contribution in [0.5, 0.6) is 0 Å². The van der Waals surface area contributed by atoms with Gasteiger partial charge in [0.15, 0.2) is 0 Å². The predicted molar refractivity (Wildman–Crippen MR) is 138 cm³/mol. The molecule has 0 bridgehead atoms. The second-order valence-electron chi connectivity index (χ2n) is 9.39. The number of halogens is 2. The summed E-state index contributed by atoms with van der Waals surface area (Å²) in [5.74, 6) is 0.300. The number of piperazine rings is 1. The second-order valence-corrected chi connectivity index (χ2v) is 9.80. The standard InChI is InChI=1S/C27H32ClFN4O2/c1-6-23(35)32-11-13-33(14-12-32)26(30-5)20-15-21(28)24(19-9-7-8-10-22(19)29)31-25(20)27(4,17-34)16-18(2)3/h6-10,15,17-18H,1,11-14,16H2,2-5H3. The number of amides is 1. The fourth-order valence-electron chi connectivity index (χ4n) is 4.69. The lowest BCUT2D eigenvalue weighted by atomic mass is 9.78. The minimum absolute atomic E-state index is 0.107. The van der Waals surface area contributed by atoms with Crippen LogP contribution in [0.2, 0.25) is 5.02 Å². The Morgan fingerprint density at radius 1 is 1.26 bits per heavy atom. The number of hydrogen-bond acceptors (Lipinski definition) is 4. The summed E-state index contributed by atoms with van der Waals surface area (Å²) >= 11 is 6.68. The van der Waals surface area contributed by atoms with Crippen molar-refractivity contribution < 1.29 is 14.0 Å². The van der Waals surface area contributed by atoms with E-state index in [1.54, 1.807) is 36.2 Å². The number of aldehydes is 1. The number of amidine groups is 1. The molecule has 3 rings (SSSR count). The molecule has 1 aromatic heterocycles. The molecule has 1 unspecified atom stereocenters. The van der Waals surface area contributed by atoms with Gasteiger partial charge in [0.1, 0.15) is 17.9 Å².